The molecular formula is C39H61N2+. The van der Waals surface area contributed by atoms with Crippen molar-refractivity contribution in [2.24, 2.45) is 0 Å². The summed E-state index contributed by atoms with van der Waals surface area (Å²) >= 11 is 0. The summed E-state index contributed by atoms with van der Waals surface area (Å²) in [5, 5.41) is 0. The van der Waals surface area contributed by atoms with Crippen LogP contribution in [0.3, 0.4) is 0 Å². The first kappa shape index (κ1) is 33.2. The maximum Gasteiger partial charge on any atom is 0.261 e. The third kappa shape index (κ3) is 12.6. The van der Waals surface area contributed by atoms with Gasteiger partial charge in [0.2, 0.25) is 0 Å². The van der Waals surface area contributed by atoms with Crippen molar-refractivity contribution in [3.05, 3.63) is 89.5 Å². The van der Waals surface area contributed by atoms with E-state index in [2.05, 4.69) is 96.8 Å². The molecule has 0 aliphatic rings. The molecule has 0 radical (unpaired) electrons. The molecule has 0 saturated heterocycles. The highest BCUT2D eigenvalue weighted by molar-refractivity contribution is 5.22. The average Bonchev–Trinajstić information content (AvgIpc) is 3.31. The summed E-state index contributed by atoms with van der Waals surface area (Å²) in [5.41, 5.74) is 4.40. The highest BCUT2D eigenvalue weighted by atomic mass is 15.2. The zero-order valence-electron chi connectivity index (χ0n) is 27.0. The molecule has 1 atom stereocenters. The number of aromatic nitrogens is 2. The van der Waals surface area contributed by atoms with Crippen LogP contribution < -0.4 is 4.57 Å². The Morgan fingerprint density at radius 1 is 0.610 bits per heavy atom. The molecule has 0 saturated carbocycles. The summed E-state index contributed by atoms with van der Waals surface area (Å²) in [6.45, 7) is 9.31. The van der Waals surface area contributed by atoms with E-state index in [-0.39, 0.29) is 0 Å². The second kappa shape index (κ2) is 20.5. The fourth-order valence-corrected chi connectivity index (χ4v) is 6.28. The lowest BCUT2D eigenvalue weighted by molar-refractivity contribution is -0.704. The number of nitrogens with zero attached hydrogens (tertiary/aromatic N) is 2. The maximum atomic E-state index is 2.73. The number of rotatable bonds is 23. The van der Waals surface area contributed by atoms with E-state index in [0.717, 1.165) is 25.9 Å². The topological polar surface area (TPSA) is 8.81 Å². The smallest absolute Gasteiger partial charge is 0.234 e. The van der Waals surface area contributed by atoms with Gasteiger partial charge in [0.15, 0.2) is 0 Å². The summed E-state index contributed by atoms with van der Waals surface area (Å²) in [5.74, 6) is 2.03. The van der Waals surface area contributed by atoms with E-state index in [1.807, 2.05) is 0 Å². The highest BCUT2D eigenvalue weighted by Gasteiger charge is 2.25. The lowest BCUT2D eigenvalue weighted by Gasteiger charge is -2.12. The van der Waals surface area contributed by atoms with Crippen molar-refractivity contribution >= 4 is 0 Å². The van der Waals surface area contributed by atoms with Crippen molar-refractivity contribution in [2.75, 3.05) is 0 Å². The van der Waals surface area contributed by atoms with E-state index in [4.69, 9.17) is 0 Å². The molecule has 3 aromatic rings. The van der Waals surface area contributed by atoms with Crippen LogP contribution in [0.25, 0.3) is 0 Å². The van der Waals surface area contributed by atoms with Crippen molar-refractivity contribution in [2.45, 2.75) is 155 Å². The molecule has 0 aliphatic heterocycles. The van der Waals surface area contributed by atoms with Gasteiger partial charge in [0, 0.05) is 6.42 Å². The third-order valence-corrected chi connectivity index (χ3v) is 8.87. The quantitative estimate of drug-likeness (QED) is 0.0810. The van der Waals surface area contributed by atoms with Gasteiger partial charge in [-0.05, 0) is 42.7 Å². The van der Waals surface area contributed by atoms with Crippen LogP contribution in [0.2, 0.25) is 0 Å². The SMILES string of the molecule is CCCCCCCCCCCCCn1c(CC(C)c2ccccc2)c[n+](CCCCCCC)c1Cc1ccccc1. The molecule has 1 aromatic heterocycles. The molecule has 2 heteroatoms. The van der Waals surface area contributed by atoms with Gasteiger partial charge >= 0.3 is 0 Å². The first-order valence-corrected chi connectivity index (χ1v) is 17.4. The van der Waals surface area contributed by atoms with Crippen LogP contribution >= 0.6 is 0 Å². The minimum atomic E-state index is 0.518. The first-order chi connectivity index (χ1) is 20.2. The Hall–Kier alpha value is -2.35. The molecule has 0 bridgehead atoms. The number of hydrogen-bond acceptors (Lipinski definition) is 0. The van der Waals surface area contributed by atoms with Gasteiger partial charge in [0.05, 0.1) is 19.5 Å². The molecule has 3 rings (SSSR count). The van der Waals surface area contributed by atoms with Crippen molar-refractivity contribution in [3.8, 4) is 0 Å². The number of unbranched alkanes of at least 4 members (excludes halogenated alkanes) is 14. The minimum Gasteiger partial charge on any atom is -0.234 e. The minimum absolute atomic E-state index is 0.518. The maximum absolute atomic E-state index is 2.73. The molecule has 0 spiro atoms. The van der Waals surface area contributed by atoms with E-state index in [1.54, 1.807) is 0 Å². The Morgan fingerprint density at radius 2 is 1.12 bits per heavy atom. The van der Waals surface area contributed by atoms with Crippen LogP contribution in [-0.4, -0.2) is 4.57 Å². The van der Waals surface area contributed by atoms with Crippen LogP contribution in [0, 0.1) is 0 Å². The van der Waals surface area contributed by atoms with Gasteiger partial charge in [-0.2, -0.15) is 0 Å². The van der Waals surface area contributed by atoms with Gasteiger partial charge in [-0.25, -0.2) is 9.13 Å². The predicted octanol–water partition coefficient (Wildman–Crippen LogP) is 11.0. The van der Waals surface area contributed by atoms with E-state index in [9.17, 15) is 0 Å². The lowest BCUT2D eigenvalue weighted by atomic mass is 9.96. The van der Waals surface area contributed by atoms with E-state index >= 15 is 0 Å². The van der Waals surface area contributed by atoms with Crippen molar-refractivity contribution < 1.29 is 4.57 Å². The van der Waals surface area contributed by atoms with Crippen LogP contribution in [0.4, 0.5) is 0 Å². The van der Waals surface area contributed by atoms with Crippen LogP contribution in [0.5, 0.6) is 0 Å². The summed E-state index contributed by atoms with van der Waals surface area (Å²) in [6.07, 6.45) is 26.7. The molecular weight excluding hydrogens is 496 g/mol. The summed E-state index contributed by atoms with van der Waals surface area (Å²) in [4.78, 5) is 0. The Bertz CT molecular complexity index is 1040. The monoisotopic (exact) mass is 557 g/mol. The van der Waals surface area contributed by atoms with Crippen LogP contribution in [0.1, 0.15) is 152 Å². The molecule has 0 aliphatic carbocycles. The lowest BCUT2D eigenvalue weighted by Crippen LogP contribution is -2.37. The molecule has 0 N–H and O–H groups in total. The normalized spacial score (nSPS) is 12.2. The second-order valence-electron chi connectivity index (χ2n) is 12.5. The number of imidazole rings is 1. The summed E-state index contributed by atoms with van der Waals surface area (Å²) in [7, 11) is 0. The van der Waals surface area contributed by atoms with Gasteiger partial charge in [0.25, 0.3) is 5.82 Å². The van der Waals surface area contributed by atoms with Crippen molar-refractivity contribution in [3.63, 3.8) is 0 Å². The molecule has 41 heavy (non-hydrogen) atoms. The van der Waals surface area contributed by atoms with Crippen LogP contribution in [0.15, 0.2) is 66.9 Å². The Labute approximate surface area is 253 Å². The van der Waals surface area contributed by atoms with Gasteiger partial charge < -0.3 is 0 Å². The Balaban J connectivity index is 1.68. The predicted molar refractivity (Wildman–Crippen MR) is 178 cm³/mol. The largest absolute Gasteiger partial charge is 0.261 e. The standard InChI is InChI=1S/C39H61N2/c1-4-6-8-10-11-12-13-14-15-17-25-31-41-38(32-35(3)37-28-22-19-23-29-37)34-40(30-24-16-9-7-5-2)39(41)33-36-26-20-18-21-27-36/h18-23,26-29,34-35H,4-17,24-25,30-33H2,1-3H3/q+1. The first-order valence-electron chi connectivity index (χ1n) is 17.4. The fraction of sp³-hybridized carbons (Fsp3) is 0.615. The third-order valence-electron chi connectivity index (χ3n) is 8.87. The van der Waals surface area contributed by atoms with Gasteiger partial charge in [-0.3, -0.25) is 0 Å². The molecule has 2 nitrogen and oxygen atoms in total. The Kier molecular flexibility index (Phi) is 16.6. The molecule has 2 aromatic carbocycles. The van der Waals surface area contributed by atoms with Gasteiger partial charge in [0.1, 0.15) is 11.9 Å². The zero-order chi connectivity index (χ0) is 29.0. The van der Waals surface area contributed by atoms with Crippen molar-refractivity contribution in [1.82, 2.24) is 4.57 Å². The van der Waals surface area contributed by atoms with E-state index in [0.29, 0.717) is 5.92 Å². The number of hydrogen-bond donors (Lipinski definition) is 0. The molecule has 226 valence electrons. The number of benzene rings is 2. The molecule has 0 fully saturated rings. The fourth-order valence-electron chi connectivity index (χ4n) is 6.28. The second-order valence-corrected chi connectivity index (χ2v) is 12.5. The van der Waals surface area contributed by atoms with E-state index in [1.165, 1.54) is 125 Å². The Morgan fingerprint density at radius 3 is 1.71 bits per heavy atom. The van der Waals surface area contributed by atoms with Crippen molar-refractivity contribution in [1.29, 1.82) is 0 Å². The van der Waals surface area contributed by atoms with Gasteiger partial charge in [-0.1, -0.05) is 158 Å². The molecule has 0 amide bonds. The highest BCUT2D eigenvalue weighted by Crippen LogP contribution is 2.23. The molecule has 1 heterocycles. The number of aryl methyl sites for hydroxylation is 1. The average molecular weight is 558 g/mol. The van der Waals surface area contributed by atoms with E-state index < -0.39 is 0 Å². The zero-order valence-corrected chi connectivity index (χ0v) is 27.0. The summed E-state index contributed by atoms with van der Waals surface area (Å²) in [6, 6.07) is 22.2. The van der Waals surface area contributed by atoms with Gasteiger partial charge in [-0.15, -0.1) is 0 Å². The summed E-state index contributed by atoms with van der Waals surface area (Å²) < 4.78 is 5.36. The van der Waals surface area contributed by atoms with Crippen LogP contribution in [-0.2, 0) is 25.9 Å². The molecule has 1 unspecified atom stereocenters.